The summed E-state index contributed by atoms with van der Waals surface area (Å²) in [5.41, 5.74) is -0.270. The van der Waals surface area contributed by atoms with Gasteiger partial charge < -0.3 is 0 Å². The number of nitriles is 1. The summed E-state index contributed by atoms with van der Waals surface area (Å²) in [6.07, 6.45) is -3.85. The molecule has 1 N–H and O–H groups in total. The van der Waals surface area contributed by atoms with Crippen LogP contribution in [0, 0.1) is 11.3 Å². The first-order valence-corrected chi connectivity index (χ1v) is 8.83. The van der Waals surface area contributed by atoms with E-state index in [2.05, 4.69) is 9.82 Å². The number of anilines is 1. The van der Waals surface area contributed by atoms with Crippen molar-refractivity contribution in [2.45, 2.75) is 37.4 Å². The predicted octanol–water partition coefficient (Wildman–Crippen LogP) is 3.39. The fraction of sp³-hybridized carbons (Fsp3) is 0.385. The normalized spacial score (nSPS) is 12.9. The molecule has 0 aromatic carbocycles. The number of nitrogens with one attached hydrogen (secondary N) is 1. The van der Waals surface area contributed by atoms with Crippen molar-refractivity contribution in [3.05, 3.63) is 28.2 Å². The zero-order valence-corrected chi connectivity index (χ0v) is 14.5. The van der Waals surface area contributed by atoms with Crippen LogP contribution in [0.15, 0.2) is 23.4 Å². The third-order valence-electron chi connectivity index (χ3n) is 2.95. The number of hydrogen-bond donors (Lipinski definition) is 1. The molecule has 2 aromatic heterocycles. The molecule has 2 aromatic rings. The Bertz CT molecular complexity index is 899. The number of hydrogen-bond acceptors (Lipinski definition) is 5. The summed E-state index contributed by atoms with van der Waals surface area (Å²) in [6.45, 7) is 5.68. The predicted molar refractivity (Wildman–Crippen MR) is 82.1 cm³/mol. The van der Waals surface area contributed by atoms with E-state index in [9.17, 15) is 21.6 Å². The van der Waals surface area contributed by atoms with E-state index in [1.807, 2.05) is 26.8 Å². The molecular formula is C13H13F3N4O2S2. The van der Waals surface area contributed by atoms with Gasteiger partial charge in [-0.3, -0.25) is 4.72 Å². The Morgan fingerprint density at radius 1 is 1.33 bits per heavy atom. The van der Waals surface area contributed by atoms with E-state index in [1.165, 1.54) is 6.07 Å². The molecule has 130 valence electrons. The number of aromatic nitrogens is 2. The lowest BCUT2D eigenvalue weighted by atomic mass is 9.95. The van der Waals surface area contributed by atoms with Crippen LogP contribution in [-0.2, 0) is 21.7 Å². The third-order valence-corrected chi connectivity index (χ3v) is 5.73. The van der Waals surface area contributed by atoms with E-state index < -0.39 is 25.9 Å². The molecular weight excluding hydrogens is 365 g/mol. The van der Waals surface area contributed by atoms with Crippen LogP contribution < -0.4 is 4.72 Å². The van der Waals surface area contributed by atoms with Gasteiger partial charge in [-0.2, -0.15) is 15.0 Å². The van der Waals surface area contributed by atoms with Crippen molar-refractivity contribution in [3.8, 4) is 6.07 Å². The summed E-state index contributed by atoms with van der Waals surface area (Å²) >= 11 is 1.12. The highest BCUT2D eigenvalue weighted by atomic mass is 32.2. The Labute approximate surface area is 140 Å². The summed E-state index contributed by atoms with van der Waals surface area (Å²) in [6, 6.07) is 3.39. The summed E-state index contributed by atoms with van der Waals surface area (Å²) in [7, 11) is -4.30. The van der Waals surface area contributed by atoms with Crippen LogP contribution in [0.4, 0.5) is 18.9 Å². The number of sulfonamides is 1. The van der Waals surface area contributed by atoms with Crippen molar-refractivity contribution < 1.29 is 21.6 Å². The highest BCUT2D eigenvalue weighted by Gasteiger charge is 2.33. The van der Waals surface area contributed by atoms with Crippen LogP contribution in [-0.4, -0.2) is 18.2 Å². The Hall–Kier alpha value is -2.06. The lowest BCUT2D eigenvalue weighted by Gasteiger charge is -2.15. The smallest absolute Gasteiger partial charge is 0.277 e. The number of nitrogens with zero attached hydrogens (tertiary/aromatic N) is 3. The zero-order valence-electron chi connectivity index (χ0n) is 12.8. The molecule has 0 aliphatic heterocycles. The molecule has 0 saturated heterocycles. The van der Waals surface area contributed by atoms with E-state index in [0.29, 0.717) is 12.4 Å². The van der Waals surface area contributed by atoms with Gasteiger partial charge in [0, 0.05) is 4.88 Å². The molecule has 24 heavy (non-hydrogen) atoms. The second-order valence-corrected chi connectivity index (χ2v) is 8.64. The van der Waals surface area contributed by atoms with E-state index in [-0.39, 0.29) is 16.0 Å². The topological polar surface area (TPSA) is 87.8 Å². The molecule has 0 amide bonds. The minimum absolute atomic E-state index is 0.0344. The van der Waals surface area contributed by atoms with Crippen molar-refractivity contribution >= 4 is 27.0 Å². The Kier molecular flexibility index (Phi) is 4.41. The van der Waals surface area contributed by atoms with Gasteiger partial charge in [0.25, 0.3) is 10.0 Å². The van der Waals surface area contributed by atoms with Gasteiger partial charge in [-0.15, -0.1) is 24.5 Å². The Morgan fingerprint density at radius 2 is 1.96 bits per heavy atom. The van der Waals surface area contributed by atoms with Gasteiger partial charge in [-0.25, -0.2) is 8.42 Å². The third kappa shape index (κ3) is 3.70. The zero-order chi connectivity index (χ0) is 18.3. The molecule has 0 aliphatic rings. The van der Waals surface area contributed by atoms with Gasteiger partial charge in [-0.1, -0.05) is 20.8 Å². The van der Waals surface area contributed by atoms with Crippen LogP contribution in [0.3, 0.4) is 0 Å². The monoisotopic (exact) mass is 378 g/mol. The maximum atomic E-state index is 12.5. The molecule has 0 fully saturated rings. The minimum atomic E-state index is -4.81. The first kappa shape index (κ1) is 18.3. The standard InChI is InChI=1S/C13H13F3N4O2S2/c1-12(2,3)11-4-9(10(5-17)23-11)19-24(21,22)8-6-18-20(7-8)13(14,15)16/h4,6-7,19H,1-3H3. The van der Waals surface area contributed by atoms with Gasteiger partial charge in [0.1, 0.15) is 15.8 Å². The van der Waals surface area contributed by atoms with Crippen LogP contribution in [0.1, 0.15) is 30.5 Å². The second kappa shape index (κ2) is 5.78. The quantitative estimate of drug-likeness (QED) is 0.887. The van der Waals surface area contributed by atoms with Gasteiger partial charge in [0.05, 0.1) is 18.1 Å². The van der Waals surface area contributed by atoms with Crippen molar-refractivity contribution in [1.29, 1.82) is 5.26 Å². The first-order chi connectivity index (χ1) is 10.8. The molecule has 2 rings (SSSR count). The summed E-state index contributed by atoms with van der Waals surface area (Å²) in [4.78, 5) is 0.252. The van der Waals surface area contributed by atoms with Crippen LogP contribution in [0.5, 0.6) is 0 Å². The maximum absolute atomic E-state index is 12.5. The van der Waals surface area contributed by atoms with Crippen LogP contribution in [0.25, 0.3) is 0 Å². The highest BCUT2D eigenvalue weighted by molar-refractivity contribution is 7.92. The number of thiophene rings is 1. The molecule has 0 saturated carbocycles. The fourth-order valence-electron chi connectivity index (χ4n) is 1.71. The maximum Gasteiger partial charge on any atom is 0.504 e. The van der Waals surface area contributed by atoms with Crippen molar-refractivity contribution in [3.63, 3.8) is 0 Å². The lowest BCUT2D eigenvalue weighted by molar-refractivity contribution is -0.212. The Balaban J connectivity index is 2.38. The molecule has 0 unspecified atom stereocenters. The van der Waals surface area contributed by atoms with Gasteiger partial charge in [0.15, 0.2) is 0 Å². The number of rotatable bonds is 3. The summed E-state index contributed by atoms with van der Waals surface area (Å²) < 4.78 is 63.8. The van der Waals surface area contributed by atoms with E-state index in [0.717, 1.165) is 16.2 Å². The number of halogens is 3. The van der Waals surface area contributed by atoms with Crippen molar-refractivity contribution in [2.24, 2.45) is 0 Å². The molecule has 2 heterocycles. The SMILES string of the molecule is CC(C)(C)c1cc(NS(=O)(=O)c2cnn(C(F)(F)F)c2)c(C#N)s1. The van der Waals surface area contributed by atoms with Crippen LogP contribution >= 0.6 is 11.3 Å². The molecule has 0 atom stereocenters. The second-order valence-electron chi connectivity index (χ2n) is 5.91. The Morgan fingerprint density at radius 3 is 2.42 bits per heavy atom. The summed E-state index contributed by atoms with van der Waals surface area (Å²) in [5.74, 6) is 0. The number of alkyl halides is 3. The van der Waals surface area contributed by atoms with E-state index in [4.69, 9.17) is 5.26 Å². The summed E-state index contributed by atoms with van der Waals surface area (Å²) in [5, 5.41) is 12.1. The van der Waals surface area contributed by atoms with Gasteiger partial charge in [0.2, 0.25) is 0 Å². The fourth-order valence-corrected chi connectivity index (χ4v) is 3.73. The average molecular weight is 378 g/mol. The molecule has 11 heteroatoms. The first-order valence-electron chi connectivity index (χ1n) is 6.54. The van der Waals surface area contributed by atoms with E-state index in [1.54, 1.807) is 0 Å². The van der Waals surface area contributed by atoms with Crippen molar-refractivity contribution in [1.82, 2.24) is 9.78 Å². The van der Waals surface area contributed by atoms with Crippen molar-refractivity contribution in [2.75, 3.05) is 4.72 Å². The largest absolute Gasteiger partial charge is 0.504 e. The van der Waals surface area contributed by atoms with Gasteiger partial charge >= 0.3 is 6.30 Å². The molecule has 0 spiro atoms. The lowest BCUT2D eigenvalue weighted by Crippen LogP contribution is -2.17. The average Bonchev–Trinajstić information content (AvgIpc) is 3.02. The van der Waals surface area contributed by atoms with Crippen LogP contribution in [0.2, 0.25) is 0 Å². The molecule has 0 aliphatic carbocycles. The van der Waals surface area contributed by atoms with E-state index >= 15 is 0 Å². The molecule has 0 radical (unpaired) electrons. The minimum Gasteiger partial charge on any atom is -0.277 e. The highest BCUT2D eigenvalue weighted by Crippen LogP contribution is 2.36. The molecule has 6 nitrogen and oxygen atoms in total. The molecule has 0 bridgehead atoms. The van der Waals surface area contributed by atoms with Gasteiger partial charge in [-0.05, 0) is 11.5 Å².